The first-order valence-corrected chi connectivity index (χ1v) is 6.15. The number of hydrogen-bond acceptors (Lipinski definition) is 3. The molecule has 2 rings (SSSR count). The zero-order valence-corrected chi connectivity index (χ0v) is 11.4. The fraction of sp³-hybridized carbons (Fsp3) is 0.0909. The van der Waals surface area contributed by atoms with Crippen molar-refractivity contribution in [2.45, 2.75) is 6.61 Å². The van der Waals surface area contributed by atoms with Crippen LogP contribution in [0.5, 0.6) is 5.75 Å². The number of ether oxygens (including phenoxy) is 1. The van der Waals surface area contributed by atoms with Crippen LogP contribution in [-0.4, -0.2) is 9.97 Å². The zero-order valence-electron chi connectivity index (χ0n) is 8.23. The first-order chi connectivity index (χ1) is 7.74. The normalized spacial score (nSPS) is 10.1. The summed E-state index contributed by atoms with van der Waals surface area (Å²) in [6.45, 7) is 0.477. The second-order valence-electron chi connectivity index (χ2n) is 3.14. The van der Waals surface area contributed by atoms with Crippen LogP contribution in [0.3, 0.4) is 0 Å². The Labute approximate surface area is 110 Å². The SMILES string of the molecule is Brc1cncc(COc2cncc(Br)c2)c1. The first-order valence-electron chi connectivity index (χ1n) is 4.57. The predicted molar refractivity (Wildman–Crippen MR) is 68.2 cm³/mol. The minimum Gasteiger partial charge on any atom is -0.487 e. The number of hydrogen-bond donors (Lipinski definition) is 0. The van der Waals surface area contributed by atoms with E-state index in [1.165, 1.54) is 0 Å². The van der Waals surface area contributed by atoms with Crippen molar-refractivity contribution in [3.8, 4) is 5.75 Å². The van der Waals surface area contributed by atoms with Gasteiger partial charge in [0.25, 0.3) is 0 Å². The van der Waals surface area contributed by atoms with E-state index in [-0.39, 0.29) is 0 Å². The lowest BCUT2D eigenvalue weighted by Crippen LogP contribution is -1.96. The van der Waals surface area contributed by atoms with Gasteiger partial charge in [0.05, 0.1) is 6.20 Å². The molecule has 0 atom stereocenters. The van der Waals surface area contributed by atoms with Crippen molar-refractivity contribution in [1.82, 2.24) is 9.97 Å². The van der Waals surface area contributed by atoms with E-state index >= 15 is 0 Å². The van der Waals surface area contributed by atoms with Gasteiger partial charge in [-0.25, -0.2) is 0 Å². The van der Waals surface area contributed by atoms with Crippen LogP contribution in [-0.2, 0) is 6.61 Å². The summed E-state index contributed by atoms with van der Waals surface area (Å²) < 4.78 is 7.42. The van der Waals surface area contributed by atoms with Crippen molar-refractivity contribution < 1.29 is 4.74 Å². The van der Waals surface area contributed by atoms with E-state index < -0.39 is 0 Å². The molecule has 2 heterocycles. The smallest absolute Gasteiger partial charge is 0.139 e. The lowest BCUT2D eigenvalue weighted by Gasteiger charge is -2.05. The molecule has 2 aromatic rings. The summed E-state index contributed by atoms with van der Waals surface area (Å²) in [5, 5.41) is 0. The average Bonchev–Trinajstić information content (AvgIpc) is 2.27. The van der Waals surface area contributed by atoms with Crippen molar-refractivity contribution in [3.63, 3.8) is 0 Å². The highest BCUT2D eigenvalue weighted by Gasteiger charge is 1.98. The van der Waals surface area contributed by atoms with E-state index in [0.29, 0.717) is 6.61 Å². The maximum Gasteiger partial charge on any atom is 0.139 e. The van der Waals surface area contributed by atoms with E-state index in [4.69, 9.17) is 4.74 Å². The number of halogens is 2. The Morgan fingerprint density at radius 1 is 0.938 bits per heavy atom. The number of rotatable bonds is 3. The van der Waals surface area contributed by atoms with Gasteiger partial charge >= 0.3 is 0 Å². The van der Waals surface area contributed by atoms with Gasteiger partial charge in [-0.2, -0.15) is 0 Å². The molecule has 0 N–H and O–H groups in total. The molecule has 0 aromatic carbocycles. The predicted octanol–water partition coefficient (Wildman–Crippen LogP) is 3.58. The van der Waals surface area contributed by atoms with Gasteiger partial charge in [0.15, 0.2) is 0 Å². The van der Waals surface area contributed by atoms with Crippen LogP contribution < -0.4 is 4.74 Å². The molecule has 0 saturated heterocycles. The molecule has 16 heavy (non-hydrogen) atoms. The molecule has 3 nitrogen and oxygen atoms in total. The molecule has 0 unspecified atom stereocenters. The van der Waals surface area contributed by atoms with Gasteiger partial charge in [-0.1, -0.05) is 0 Å². The van der Waals surface area contributed by atoms with Gasteiger partial charge in [0.1, 0.15) is 12.4 Å². The van der Waals surface area contributed by atoms with E-state index in [1.807, 2.05) is 12.1 Å². The summed E-state index contributed by atoms with van der Waals surface area (Å²) in [4.78, 5) is 8.08. The van der Waals surface area contributed by atoms with Gasteiger partial charge in [0.2, 0.25) is 0 Å². The molecule has 0 spiro atoms. The molecule has 82 valence electrons. The molecule has 0 aliphatic rings. The maximum atomic E-state index is 5.57. The van der Waals surface area contributed by atoms with Gasteiger partial charge in [-0.05, 0) is 44.0 Å². The van der Waals surface area contributed by atoms with Crippen molar-refractivity contribution in [2.24, 2.45) is 0 Å². The quantitative estimate of drug-likeness (QED) is 0.854. The van der Waals surface area contributed by atoms with Crippen molar-refractivity contribution in [1.29, 1.82) is 0 Å². The van der Waals surface area contributed by atoms with Gasteiger partial charge in [-0.3, -0.25) is 9.97 Å². The topological polar surface area (TPSA) is 35.0 Å². The molecule has 0 fully saturated rings. The number of nitrogens with zero attached hydrogens (tertiary/aromatic N) is 2. The summed E-state index contributed by atoms with van der Waals surface area (Å²) in [5.74, 6) is 0.731. The highest BCUT2D eigenvalue weighted by molar-refractivity contribution is 9.10. The van der Waals surface area contributed by atoms with Gasteiger partial charge in [-0.15, -0.1) is 0 Å². The van der Waals surface area contributed by atoms with E-state index in [2.05, 4.69) is 41.8 Å². The Morgan fingerprint density at radius 2 is 1.62 bits per heavy atom. The molecular weight excluding hydrogens is 336 g/mol. The summed E-state index contributed by atoms with van der Waals surface area (Å²) in [7, 11) is 0. The lowest BCUT2D eigenvalue weighted by atomic mass is 10.3. The molecule has 5 heteroatoms. The second kappa shape index (κ2) is 5.41. The first kappa shape index (κ1) is 11.5. The molecular formula is C11H8Br2N2O. The number of pyridine rings is 2. The van der Waals surface area contributed by atoms with Crippen LogP contribution in [0.15, 0.2) is 45.9 Å². The number of aromatic nitrogens is 2. The Kier molecular flexibility index (Phi) is 3.90. The van der Waals surface area contributed by atoms with E-state index in [0.717, 1.165) is 20.3 Å². The van der Waals surface area contributed by atoms with E-state index in [9.17, 15) is 0 Å². The highest BCUT2D eigenvalue weighted by atomic mass is 79.9. The monoisotopic (exact) mass is 342 g/mol. The Morgan fingerprint density at radius 3 is 2.31 bits per heavy atom. The van der Waals surface area contributed by atoms with Gasteiger partial charge < -0.3 is 4.74 Å². The fourth-order valence-corrected chi connectivity index (χ4v) is 1.93. The van der Waals surface area contributed by atoms with Crippen LogP contribution in [0.1, 0.15) is 5.56 Å². The molecule has 0 bridgehead atoms. The summed E-state index contributed by atoms with van der Waals surface area (Å²) in [5.41, 5.74) is 1.01. The molecule has 0 saturated carbocycles. The van der Waals surface area contributed by atoms with Gasteiger partial charge in [0, 0.05) is 33.1 Å². The molecule has 2 aromatic heterocycles. The Hall–Kier alpha value is -0.940. The largest absolute Gasteiger partial charge is 0.487 e. The van der Waals surface area contributed by atoms with Crippen molar-refractivity contribution in [3.05, 3.63) is 51.4 Å². The van der Waals surface area contributed by atoms with Crippen LogP contribution in [0.2, 0.25) is 0 Å². The highest BCUT2D eigenvalue weighted by Crippen LogP contribution is 2.17. The van der Waals surface area contributed by atoms with Crippen LogP contribution in [0, 0.1) is 0 Å². The molecule has 0 aliphatic carbocycles. The van der Waals surface area contributed by atoms with Crippen LogP contribution in [0.25, 0.3) is 0 Å². The third-order valence-electron chi connectivity index (χ3n) is 1.85. The van der Waals surface area contributed by atoms with Crippen LogP contribution in [0.4, 0.5) is 0 Å². The minimum absolute atomic E-state index is 0.477. The third-order valence-corrected chi connectivity index (χ3v) is 2.71. The minimum atomic E-state index is 0.477. The maximum absolute atomic E-state index is 5.57. The Bertz CT molecular complexity index is 445. The standard InChI is InChI=1S/C11H8Br2N2O/c12-9-1-8(3-14-4-9)7-16-11-2-10(13)5-15-6-11/h1-6H,7H2. The summed E-state index contributed by atoms with van der Waals surface area (Å²) >= 11 is 6.70. The molecule has 0 aliphatic heterocycles. The second-order valence-corrected chi connectivity index (χ2v) is 4.97. The third kappa shape index (κ3) is 3.28. The van der Waals surface area contributed by atoms with Crippen molar-refractivity contribution in [2.75, 3.05) is 0 Å². The summed E-state index contributed by atoms with van der Waals surface area (Å²) in [6, 6.07) is 3.84. The van der Waals surface area contributed by atoms with Crippen molar-refractivity contribution >= 4 is 31.9 Å². The Balaban J connectivity index is 2.02. The fourth-order valence-electron chi connectivity index (χ4n) is 1.17. The lowest BCUT2D eigenvalue weighted by molar-refractivity contribution is 0.304. The van der Waals surface area contributed by atoms with Crippen LogP contribution >= 0.6 is 31.9 Å². The molecule has 0 amide bonds. The molecule has 0 radical (unpaired) electrons. The zero-order chi connectivity index (χ0) is 11.4. The summed E-state index contributed by atoms with van der Waals surface area (Å²) in [6.07, 6.45) is 6.91. The average molecular weight is 344 g/mol. The van der Waals surface area contributed by atoms with E-state index in [1.54, 1.807) is 24.8 Å².